The molecule has 5 heteroatoms. The molecule has 2 saturated carbocycles. The Morgan fingerprint density at radius 1 is 1.32 bits per heavy atom. The third-order valence-electron chi connectivity index (χ3n) is 8.38. The van der Waals surface area contributed by atoms with E-state index in [4.69, 9.17) is 9.47 Å². The van der Waals surface area contributed by atoms with Crippen LogP contribution in [0.15, 0.2) is 24.0 Å². The molecule has 1 N–H and O–H groups in total. The number of carbonyl (C=O) groups excluding carboxylic acids is 2. The lowest BCUT2D eigenvalue weighted by Gasteiger charge is -2.59. The molecule has 0 aromatic carbocycles. The molecule has 0 bridgehead atoms. The van der Waals surface area contributed by atoms with Crippen LogP contribution in [0.2, 0.25) is 0 Å². The van der Waals surface area contributed by atoms with Crippen molar-refractivity contribution in [2.24, 2.45) is 28.6 Å². The molecule has 0 radical (unpaired) electrons. The predicted molar refractivity (Wildman–Crippen MR) is 106 cm³/mol. The fraction of sp³-hybridized carbons (Fsp3) is 0.739. The summed E-state index contributed by atoms with van der Waals surface area (Å²) in [6.45, 7) is 11.2. The van der Waals surface area contributed by atoms with Crippen molar-refractivity contribution in [3.8, 4) is 0 Å². The summed E-state index contributed by atoms with van der Waals surface area (Å²) in [5.41, 5.74) is -0.824. The Balaban J connectivity index is 2.00. The summed E-state index contributed by atoms with van der Waals surface area (Å²) in [5, 5.41) is 11.2. The summed E-state index contributed by atoms with van der Waals surface area (Å²) in [7, 11) is 2.62. The van der Waals surface area contributed by atoms with Crippen LogP contribution in [0, 0.1) is 28.6 Å². The quantitative estimate of drug-likeness (QED) is 0.584. The highest BCUT2D eigenvalue weighted by Crippen LogP contribution is 2.63. The number of carbonyl (C=O) groups is 2. The summed E-state index contributed by atoms with van der Waals surface area (Å²) >= 11 is 0. The summed E-state index contributed by atoms with van der Waals surface area (Å²) in [4.78, 5) is 25.5. The minimum atomic E-state index is -1.97. The molecule has 0 aromatic rings. The topological polar surface area (TPSA) is 72.8 Å². The Bertz CT molecular complexity index is 725. The molecule has 0 spiro atoms. The molecular weight excluding hydrogens is 356 g/mol. The van der Waals surface area contributed by atoms with Gasteiger partial charge in [-0.3, -0.25) is 4.79 Å². The Morgan fingerprint density at radius 3 is 2.61 bits per heavy atom. The third-order valence-corrected chi connectivity index (χ3v) is 8.38. The lowest BCUT2D eigenvalue weighted by atomic mass is 9.45. The maximum absolute atomic E-state index is 13.0. The lowest BCUT2D eigenvalue weighted by Crippen LogP contribution is -2.54. The molecular formula is C23H34O5. The van der Waals surface area contributed by atoms with E-state index in [2.05, 4.69) is 27.4 Å². The monoisotopic (exact) mass is 390 g/mol. The van der Waals surface area contributed by atoms with Crippen LogP contribution in [0.1, 0.15) is 59.3 Å². The first kappa shape index (κ1) is 21.1. The molecule has 0 aliphatic heterocycles. The number of ether oxygens (including phenoxy) is 2. The van der Waals surface area contributed by atoms with Crippen molar-refractivity contribution in [1.29, 1.82) is 0 Å². The maximum Gasteiger partial charge on any atom is 0.342 e. The van der Waals surface area contributed by atoms with E-state index < -0.39 is 17.5 Å². The van der Waals surface area contributed by atoms with E-state index in [1.54, 1.807) is 0 Å². The zero-order valence-electron chi connectivity index (χ0n) is 17.8. The smallest absolute Gasteiger partial charge is 0.342 e. The zero-order valence-corrected chi connectivity index (χ0v) is 17.8. The van der Waals surface area contributed by atoms with Gasteiger partial charge in [-0.15, -0.1) is 0 Å². The van der Waals surface area contributed by atoms with Crippen LogP contribution in [0.25, 0.3) is 0 Å². The summed E-state index contributed by atoms with van der Waals surface area (Å²) in [6, 6.07) is 0. The van der Waals surface area contributed by atoms with Gasteiger partial charge in [0.2, 0.25) is 5.78 Å². The van der Waals surface area contributed by atoms with Crippen LogP contribution in [-0.4, -0.2) is 36.7 Å². The van der Waals surface area contributed by atoms with Gasteiger partial charge in [-0.1, -0.05) is 32.9 Å². The van der Waals surface area contributed by atoms with Crippen molar-refractivity contribution in [2.45, 2.75) is 64.9 Å². The van der Waals surface area contributed by atoms with Crippen molar-refractivity contribution >= 4 is 11.8 Å². The fourth-order valence-electron chi connectivity index (χ4n) is 6.27. The van der Waals surface area contributed by atoms with Gasteiger partial charge in [-0.05, 0) is 61.2 Å². The van der Waals surface area contributed by atoms with Crippen molar-refractivity contribution in [3.63, 3.8) is 0 Å². The molecule has 0 amide bonds. The second-order valence-corrected chi connectivity index (χ2v) is 9.56. The second-order valence-electron chi connectivity index (χ2n) is 9.56. The van der Waals surface area contributed by atoms with Crippen LogP contribution >= 0.6 is 0 Å². The van der Waals surface area contributed by atoms with E-state index in [-0.39, 0.29) is 22.4 Å². The van der Waals surface area contributed by atoms with E-state index in [0.29, 0.717) is 18.3 Å². The van der Waals surface area contributed by atoms with Gasteiger partial charge in [0.1, 0.15) is 0 Å². The Kier molecular flexibility index (Phi) is 5.28. The minimum Gasteiger partial charge on any atom is -0.493 e. The first-order valence-electron chi connectivity index (χ1n) is 10.3. The maximum atomic E-state index is 13.0. The van der Waals surface area contributed by atoms with Gasteiger partial charge in [0.05, 0.1) is 20.1 Å². The van der Waals surface area contributed by atoms with Gasteiger partial charge in [-0.2, -0.15) is 0 Å². The molecule has 3 aliphatic carbocycles. The number of esters is 1. The number of Topliss-reactive ketones (excluding diaryl/α,β-unsaturated/α-hetero) is 1. The van der Waals surface area contributed by atoms with Gasteiger partial charge in [0, 0.05) is 6.08 Å². The van der Waals surface area contributed by atoms with Gasteiger partial charge < -0.3 is 14.6 Å². The van der Waals surface area contributed by atoms with Crippen LogP contribution in [0.4, 0.5) is 0 Å². The Morgan fingerprint density at radius 2 is 2.00 bits per heavy atom. The molecule has 5 nitrogen and oxygen atoms in total. The second kappa shape index (κ2) is 7.01. The number of hydrogen-bond acceptors (Lipinski definition) is 5. The zero-order chi connectivity index (χ0) is 20.9. The normalized spacial score (nSPS) is 43.4. The summed E-state index contributed by atoms with van der Waals surface area (Å²) in [5.74, 6) is -1.23. The number of ketones is 1. The highest BCUT2D eigenvalue weighted by Gasteiger charge is 2.60. The lowest BCUT2D eigenvalue weighted by molar-refractivity contribution is -0.167. The molecule has 0 heterocycles. The van der Waals surface area contributed by atoms with Crippen LogP contribution in [0.3, 0.4) is 0 Å². The molecule has 6 atom stereocenters. The third kappa shape index (κ3) is 2.85. The molecule has 0 saturated heterocycles. The number of rotatable bonds is 4. The molecule has 28 heavy (non-hydrogen) atoms. The number of fused-ring (bicyclic) bond motifs is 1. The fourth-order valence-corrected chi connectivity index (χ4v) is 6.27. The average Bonchev–Trinajstić information content (AvgIpc) is 2.91. The van der Waals surface area contributed by atoms with Crippen LogP contribution in [0.5, 0.6) is 0 Å². The average molecular weight is 391 g/mol. The van der Waals surface area contributed by atoms with E-state index >= 15 is 0 Å². The van der Waals surface area contributed by atoms with Gasteiger partial charge in [0.15, 0.2) is 11.4 Å². The molecule has 0 aromatic heterocycles. The Labute approximate surface area is 168 Å². The molecule has 2 fully saturated rings. The van der Waals surface area contributed by atoms with E-state index in [0.717, 1.165) is 32.1 Å². The molecule has 2 unspecified atom stereocenters. The Hall–Kier alpha value is -1.62. The number of methoxy groups -OCH3 is 2. The molecule has 3 aliphatic rings. The van der Waals surface area contributed by atoms with Crippen molar-refractivity contribution in [3.05, 3.63) is 24.0 Å². The SMILES string of the molecule is C=C1CCCC2[C@@]1(C)CC[C@@H](C)[C@]2(C)CC1C(=O)C(OC)=C[C@@]1(O)C(=O)OC. The predicted octanol–water partition coefficient (Wildman–Crippen LogP) is 3.81. The van der Waals surface area contributed by atoms with Crippen molar-refractivity contribution < 1.29 is 24.2 Å². The van der Waals surface area contributed by atoms with Gasteiger partial charge >= 0.3 is 5.97 Å². The van der Waals surface area contributed by atoms with Crippen molar-refractivity contribution in [2.75, 3.05) is 14.2 Å². The first-order chi connectivity index (χ1) is 13.0. The van der Waals surface area contributed by atoms with E-state index in [1.165, 1.54) is 25.9 Å². The van der Waals surface area contributed by atoms with E-state index in [1.807, 2.05) is 0 Å². The van der Waals surface area contributed by atoms with Gasteiger partial charge in [-0.25, -0.2) is 4.79 Å². The van der Waals surface area contributed by atoms with E-state index in [9.17, 15) is 14.7 Å². The first-order valence-corrected chi connectivity index (χ1v) is 10.3. The summed E-state index contributed by atoms with van der Waals surface area (Å²) in [6.07, 6.45) is 7.05. The highest BCUT2D eigenvalue weighted by atomic mass is 16.5. The number of hydrogen-bond donors (Lipinski definition) is 1. The number of aliphatic hydroxyl groups is 1. The van der Waals surface area contributed by atoms with Crippen LogP contribution in [-0.2, 0) is 19.1 Å². The summed E-state index contributed by atoms with van der Waals surface area (Å²) < 4.78 is 10.0. The molecule has 3 rings (SSSR count). The number of allylic oxidation sites excluding steroid dienone is 2. The largest absolute Gasteiger partial charge is 0.493 e. The van der Waals surface area contributed by atoms with Gasteiger partial charge in [0.25, 0.3) is 0 Å². The van der Waals surface area contributed by atoms with Crippen molar-refractivity contribution in [1.82, 2.24) is 0 Å². The minimum absolute atomic E-state index is 0.0424. The highest BCUT2D eigenvalue weighted by molar-refractivity contribution is 6.05. The van der Waals surface area contributed by atoms with Crippen LogP contribution < -0.4 is 0 Å². The standard InChI is InChI=1S/C23H34O5/c1-14-8-7-9-18-21(14,3)11-10-15(2)22(18,4)12-16-19(24)17(27-5)13-23(16,26)20(25)28-6/h13,15-16,18,26H,1,7-12H2,2-6H3/t15-,16?,18?,21+,22+,23+/m1/s1. The molecule has 156 valence electrons.